The number of hydrogen-bond donors (Lipinski definition) is 1. The van der Waals surface area contributed by atoms with E-state index in [0.717, 1.165) is 46.8 Å². The molecule has 186 valence electrons. The van der Waals surface area contributed by atoms with E-state index in [1.54, 1.807) is 17.9 Å². The number of hydrogen-bond acceptors (Lipinski definition) is 4. The van der Waals surface area contributed by atoms with Crippen LogP contribution >= 0.6 is 0 Å². The average Bonchev–Trinajstić information content (AvgIpc) is 3.54. The van der Waals surface area contributed by atoms with Crippen molar-refractivity contribution in [2.45, 2.75) is 19.4 Å². The summed E-state index contributed by atoms with van der Waals surface area (Å²) in [6.45, 7) is 1.34. The van der Waals surface area contributed by atoms with Crippen LogP contribution in [0.5, 0.6) is 5.75 Å². The number of ether oxygens (including phenoxy) is 1. The van der Waals surface area contributed by atoms with Crippen LogP contribution in [0.15, 0.2) is 91.1 Å². The molecule has 0 spiro atoms. The fourth-order valence-electron chi connectivity index (χ4n) is 4.38. The van der Waals surface area contributed by atoms with Crippen molar-refractivity contribution in [2.75, 3.05) is 19.0 Å². The molecule has 0 unspecified atom stereocenters. The summed E-state index contributed by atoms with van der Waals surface area (Å²) in [4.78, 5) is 26.6. The molecule has 5 rings (SSSR count). The van der Waals surface area contributed by atoms with Gasteiger partial charge in [0.05, 0.1) is 18.5 Å². The third kappa shape index (κ3) is 5.78. The Labute approximate surface area is 216 Å². The maximum absolute atomic E-state index is 12.8. The van der Waals surface area contributed by atoms with Gasteiger partial charge in [0.1, 0.15) is 5.75 Å². The number of nitrogens with zero attached hydrogens (tertiary/aromatic N) is 3. The molecule has 3 aromatic carbocycles. The Balaban J connectivity index is 1.35. The van der Waals surface area contributed by atoms with E-state index in [0.29, 0.717) is 18.7 Å². The lowest BCUT2D eigenvalue weighted by Crippen LogP contribution is -2.23. The lowest BCUT2D eigenvalue weighted by Gasteiger charge is -2.16. The van der Waals surface area contributed by atoms with Crippen molar-refractivity contribution < 1.29 is 14.3 Å². The van der Waals surface area contributed by atoms with Crippen molar-refractivity contribution in [2.24, 2.45) is 0 Å². The van der Waals surface area contributed by atoms with E-state index in [2.05, 4.69) is 5.32 Å². The molecule has 0 atom stereocenters. The van der Waals surface area contributed by atoms with Crippen LogP contribution in [0, 0.1) is 0 Å². The molecule has 1 N–H and O–H groups in total. The summed E-state index contributed by atoms with van der Waals surface area (Å²) in [5.41, 5.74) is 5.09. The Bertz CT molecular complexity index is 1420. The van der Waals surface area contributed by atoms with Crippen LogP contribution < -0.4 is 10.1 Å². The van der Waals surface area contributed by atoms with E-state index in [1.807, 2.05) is 90.0 Å². The number of carbonyl (C=O) groups excluding carboxylic acids is 2. The number of rotatable bonds is 8. The maximum Gasteiger partial charge on any atom is 0.248 e. The van der Waals surface area contributed by atoms with Crippen molar-refractivity contribution >= 4 is 23.6 Å². The molecule has 2 amide bonds. The standard InChI is InChI=1S/C30H28N4O3/c1-37-27-15-12-23(13-16-27)30-24(21-34(32-30)26-9-3-2-4-10-26)14-17-28(35)31-25-8-5-7-22(19-25)20-33-18-6-11-29(33)36/h2-5,7-10,12-17,19,21H,6,11,18,20H2,1H3,(H,31,35)/b17-14+. The third-order valence-corrected chi connectivity index (χ3v) is 6.28. The molecule has 0 bridgehead atoms. The molecule has 1 aliphatic heterocycles. The first-order valence-electron chi connectivity index (χ1n) is 12.2. The Kier molecular flexibility index (Phi) is 7.12. The van der Waals surface area contributed by atoms with E-state index < -0.39 is 0 Å². The van der Waals surface area contributed by atoms with Crippen LogP contribution in [0.2, 0.25) is 0 Å². The molecule has 1 fully saturated rings. The normalized spacial score (nSPS) is 13.3. The molecule has 7 heteroatoms. The monoisotopic (exact) mass is 492 g/mol. The number of likely N-dealkylation sites (tertiary alicyclic amines) is 1. The molecular weight excluding hydrogens is 464 g/mol. The number of amides is 2. The van der Waals surface area contributed by atoms with Crippen molar-refractivity contribution in [3.05, 3.63) is 102 Å². The maximum atomic E-state index is 12.8. The predicted molar refractivity (Wildman–Crippen MR) is 144 cm³/mol. The van der Waals surface area contributed by atoms with Crippen LogP contribution in [-0.2, 0) is 16.1 Å². The second-order valence-electron chi connectivity index (χ2n) is 8.88. The summed E-state index contributed by atoms with van der Waals surface area (Å²) in [5, 5.41) is 7.72. The van der Waals surface area contributed by atoms with Crippen LogP contribution in [-0.4, -0.2) is 40.1 Å². The molecule has 2 heterocycles. The van der Waals surface area contributed by atoms with Gasteiger partial charge >= 0.3 is 0 Å². The lowest BCUT2D eigenvalue weighted by molar-refractivity contribution is -0.128. The lowest BCUT2D eigenvalue weighted by atomic mass is 10.1. The Hall–Kier alpha value is -4.65. The average molecular weight is 493 g/mol. The number of carbonyl (C=O) groups is 2. The smallest absolute Gasteiger partial charge is 0.248 e. The van der Waals surface area contributed by atoms with Gasteiger partial charge in [-0.25, -0.2) is 4.68 Å². The van der Waals surface area contributed by atoms with Crippen LogP contribution in [0.25, 0.3) is 23.0 Å². The fraction of sp³-hybridized carbons (Fsp3) is 0.167. The molecule has 1 aromatic heterocycles. The number of nitrogens with one attached hydrogen (secondary N) is 1. The fourth-order valence-corrected chi connectivity index (χ4v) is 4.38. The van der Waals surface area contributed by atoms with E-state index in [-0.39, 0.29) is 11.8 Å². The quantitative estimate of drug-likeness (QED) is 0.338. The van der Waals surface area contributed by atoms with Gasteiger partial charge in [-0.15, -0.1) is 0 Å². The van der Waals surface area contributed by atoms with Crippen molar-refractivity contribution in [1.29, 1.82) is 0 Å². The Morgan fingerprint density at radius 3 is 2.59 bits per heavy atom. The zero-order chi connectivity index (χ0) is 25.6. The molecule has 1 saturated heterocycles. The summed E-state index contributed by atoms with van der Waals surface area (Å²) in [5.74, 6) is 0.697. The molecule has 7 nitrogen and oxygen atoms in total. The van der Waals surface area contributed by atoms with E-state index >= 15 is 0 Å². The van der Waals surface area contributed by atoms with Gasteiger partial charge in [-0.1, -0.05) is 30.3 Å². The molecule has 0 saturated carbocycles. The van der Waals surface area contributed by atoms with Gasteiger partial charge in [0.25, 0.3) is 0 Å². The number of anilines is 1. The second-order valence-corrected chi connectivity index (χ2v) is 8.88. The predicted octanol–water partition coefficient (Wildman–Crippen LogP) is 5.32. The highest BCUT2D eigenvalue weighted by atomic mass is 16.5. The van der Waals surface area contributed by atoms with Crippen molar-refractivity contribution in [1.82, 2.24) is 14.7 Å². The molecular formula is C30H28N4O3. The van der Waals surface area contributed by atoms with Crippen molar-refractivity contribution in [3.8, 4) is 22.7 Å². The molecule has 37 heavy (non-hydrogen) atoms. The minimum Gasteiger partial charge on any atom is -0.497 e. The summed E-state index contributed by atoms with van der Waals surface area (Å²) >= 11 is 0. The Morgan fingerprint density at radius 1 is 1.05 bits per heavy atom. The highest BCUT2D eigenvalue weighted by Crippen LogP contribution is 2.27. The van der Waals surface area contributed by atoms with E-state index in [4.69, 9.17) is 9.84 Å². The van der Waals surface area contributed by atoms with Gasteiger partial charge in [0.15, 0.2) is 0 Å². The minimum atomic E-state index is -0.248. The SMILES string of the molecule is COc1ccc(-c2nn(-c3ccccc3)cc2/C=C/C(=O)Nc2cccc(CN3CCCC3=O)c2)cc1. The number of aromatic nitrogens is 2. The van der Waals surface area contributed by atoms with Gasteiger partial charge < -0.3 is 15.0 Å². The first kappa shape index (κ1) is 24.1. The molecule has 1 aliphatic rings. The topological polar surface area (TPSA) is 76.5 Å². The first-order valence-corrected chi connectivity index (χ1v) is 12.2. The second kappa shape index (κ2) is 11.0. The van der Waals surface area contributed by atoms with Gasteiger partial charge in [-0.2, -0.15) is 5.10 Å². The van der Waals surface area contributed by atoms with E-state index in [9.17, 15) is 9.59 Å². The minimum absolute atomic E-state index is 0.182. The highest BCUT2D eigenvalue weighted by Gasteiger charge is 2.20. The van der Waals surface area contributed by atoms with Gasteiger partial charge in [0.2, 0.25) is 11.8 Å². The third-order valence-electron chi connectivity index (χ3n) is 6.28. The first-order chi connectivity index (χ1) is 18.1. The van der Waals surface area contributed by atoms with Crippen LogP contribution in [0.1, 0.15) is 24.0 Å². The number of para-hydroxylation sites is 1. The number of benzene rings is 3. The number of methoxy groups -OCH3 is 1. The summed E-state index contributed by atoms with van der Waals surface area (Å²) in [7, 11) is 1.63. The van der Waals surface area contributed by atoms with Crippen molar-refractivity contribution in [3.63, 3.8) is 0 Å². The summed E-state index contributed by atoms with van der Waals surface area (Å²) < 4.78 is 7.09. The largest absolute Gasteiger partial charge is 0.497 e. The zero-order valence-corrected chi connectivity index (χ0v) is 20.6. The van der Waals surface area contributed by atoms with Crippen LogP contribution in [0.4, 0.5) is 5.69 Å². The molecule has 0 aliphatic carbocycles. The summed E-state index contributed by atoms with van der Waals surface area (Å²) in [6.07, 6.45) is 6.70. The van der Waals surface area contributed by atoms with Gasteiger partial charge in [-0.3, -0.25) is 9.59 Å². The van der Waals surface area contributed by atoms with Crippen LogP contribution in [0.3, 0.4) is 0 Å². The molecule has 0 radical (unpaired) electrons. The van der Waals surface area contributed by atoms with Gasteiger partial charge in [0, 0.05) is 48.6 Å². The summed E-state index contributed by atoms with van der Waals surface area (Å²) in [6, 6.07) is 25.1. The van der Waals surface area contributed by atoms with E-state index in [1.165, 1.54) is 6.08 Å². The zero-order valence-electron chi connectivity index (χ0n) is 20.6. The Morgan fingerprint density at radius 2 is 1.86 bits per heavy atom. The van der Waals surface area contributed by atoms with Gasteiger partial charge in [-0.05, 0) is 66.6 Å². The molecule has 4 aromatic rings. The highest BCUT2D eigenvalue weighted by molar-refractivity contribution is 6.02.